The van der Waals surface area contributed by atoms with Gasteiger partial charge in [0.15, 0.2) is 5.54 Å². The molecular weight excluding hydrogens is 190 g/mol. The van der Waals surface area contributed by atoms with E-state index >= 15 is 0 Å². The van der Waals surface area contributed by atoms with E-state index in [4.69, 9.17) is 9.84 Å². The molecule has 0 spiro atoms. The fourth-order valence-electron chi connectivity index (χ4n) is 1.32. The van der Waals surface area contributed by atoms with Crippen molar-refractivity contribution in [2.75, 3.05) is 26.9 Å². The van der Waals surface area contributed by atoms with E-state index in [2.05, 4.69) is 10.1 Å². The predicted octanol–water partition coefficient (Wildman–Crippen LogP) is -1.01. The Labute approximate surface area is 81.2 Å². The largest absolute Gasteiger partial charge is 0.479 e. The summed E-state index contributed by atoms with van der Waals surface area (Å²) >= 11 is 0. The summed E-state index contributed by atoms with van der Waals surface area (Å²) in [4.78, 5) is 22.1. The van der Waals surface area contributed by atoms with Crippen LogP contribution in [0, 0.1) is 0 Å². The van der Waals surface area contributed by atoms with E-state index in [1.807, 2.05) is 0 Å². The fourth-order valence-corrected chi connectivity index (χ4v) is 1.32. The smallest absolute Gasteiger partial charge is 0.331 e. The number of hydrogen-bond donors (Lipinski definition) is 2. The second-order valence-corrected chi connectivity index (χ2v) is 3.17. The number of carbonyl (C=O) groups excluding carboxylic acids is 1. The lowest BCUT2D eigenvalue weighted by Gasteiger charge is -2.23. The standard InChI is InChI=1S/C8H13NO5/c1-13-4-6(10)9-8(7(11)12)2-3-14-5-8/h2-5H2,1H3,(H,9,10)(H,11,12). The summed E-state index contributed by atoms with van der Waals surface area (Å²) in [5.41, 5.74) is -1.27. The molecule has 0 aliphatic carbocycles. The molecule has 0 aromatic heterocycles. The molecule has 80 valence electrons. The van der Waals surface area contributed by atoms with Crippen LogP contribution in [0.5, 0.6) is 0 Å². The van der Waals surface area contributed by atoms with Crippen LogP contribution in [-0.4, -0.2) is 49.5 Å². The lowest BCUT2D eigenvalue weighted by Crippen LogP contribution is -2.56. The van der Waals surface area contributed by atoms with Crippen molar-refractivity contribution in [3.05, 3.63) is 0 Å². The summed E-state index contributed by atoms with van der Waals surface area (Å²) in [5.74, 6) is -1.51. The van der Waals surface area contributed by atoms with Crippen molar-refractivity contribution in [2.24, 2.45) is 0 Å². The number of hydrogen-bond acceptors (Lipinski definition) is 4. The van der Waals surface area contributed by atoms with Crippen LogP contribution in [0.1, 0.15) is 6.42 Å². The minimum atomic E-state index is -1.27. The summed E-state index contributed by atoms with van der Waals surface area (Å²) in [6.07, 6.45) is 0.289. The minimum absolute atomic E-state index is 0.0117. The summed E-state index contributed by atoms with van der Waals surface area (Å²) in [5, 5.41) is 11.3. The first-order valence-corrected chi connectivity index (χ1v) is 4.22. The average molecular weight is 203 g/mol. The second kappa shape index (κ2) is 4.39. The zero-order valence-electron chi connectivity index (χ0n) is 7.91. The Bertz CT molecular complexity index is 234. The van der Waals surface area contributed by atoms with Crippen LogP contribution >= 0.6 is 0 Å². The van der Waals surface area contributed by atoms with Gasteiger partial charge >= 0.3 is 5.97 Å². The van der Waals surface area contributed by atoms with Crippen LogP contribution in [0.2, 0.25) is 0 Å². The number of amides is 1. The third-order valence-corrected chi connectivity index (χ3v) is 2.09. The monoisotopic (exact) mass is 203 g/mol. The van der Waals surface area contributed by atoms with Crippen molar-refractivity contribution in [1.29, 1.82) is 0 Å². The number of nitrogens with one attached hydrogen (secondary N) is 1. The first kappa shape index (κ1) is 10.9. The van der Waals surface area contributed by atoms with E-state index in [1.54, 1.807) is 0 Å². The fraction of sp³-hybridized carbons (Fsp3) is 0.750. The van der Waals surface area contributed by atoms with E-state index < -0.39 is 17.4 Å². The first-order valence-electron chi connectivity index (χ1n) is 4.22. The topological polar surface area (TPSA) is 84.9 Å². The zero-order chi connectivity index (χ0) is 10.6. The van der Waals surface area contributed by atoms with Gasteiger partial charge in [-0.2, -0.15) is 0 Å². The normalized spacial score (nSPS) is 26.1. The van der Waals surface area contributed by atoms with E-state index in [9.17, 15) is 9.59 Å². The number of aliphatic carboxylic acids is 1. The van der Waals surface area contributed by atoms with Gasteiger partial charge in [-0.15, -0.1) is 0 Å². The summed E-state index contributed by atoms with van der Waals surface area (Å²) < 4.78 is 9.56. The molecule has 2 N–H and O–H groups in total. The molecule has 0 bridgehead atoms. The third kappa shape index (κ3) is 2.21. The lowest BCUT2D eigenvalue weighted by atomic mass is 9.99. The number of ether oxygens (including phenoxy) is 2. The Morgan fingerprint density at radius 3 is 2.79 bits per heavy atom. The second-order valence-electron chi connectivity index (χ2n) is 3.17. The highest BCUT2D eigenvalue weighted by atomic mass is 16.5. The van der Waals surface area contributed by atoms with Gasteiger partial charge in [-0.05, 0) is 0 Å². The van der Waals surface area contributed by atoms with Gasteiger partial charge in [0.25, 0.3) is 0 Å². The van der Waals surface area contributed by atoms with Crippen molar-refractivity contribution < 1.29 is 24.2 Å². The first-order chi connectivity index (χ1) is 6.60. The molecule has 0 saturated carbocycles. The van der Waals surface area contributed by atoms with Crippen LogP contribution < -0.4 is 5.32 Å². The maximum absolute atomic E-state index is 11.2. The highest BCUT2D eigenvalue weighted by Crippen LogP contribution is 2.18. The highest BCUT2D eigenvalue weighted by molar-refractivity contribution is 5.87. The Balaban J connectivity index is 2.60. The predicted molar refractivity (Wildman–Crippen MR) is 45.8 cm³/mol. The zero-order valence-corrected chi connectivity index (χ0v) is 7.91. The quantitative estimate of drug-likeness (QED) is 0.611. The Morgan fingerprint density at radius 2 is 2.36 bits per heavy atom. The highest BCUT2D eigenvalue weighted by Gasteiger charge is 2.43. The van der Waals surface area contributed by atoms with E-state index in [0.29, 0.717) is 6.61 Å². The van der Waals surface area contributed by atoms with Gasteiger partial charge in [-0.3, -0.25) is 4.79 Å². The molecule has 1 unspecified atom stereocenters. The van der Waals surface area contributed by atoms with Gasteiger partial charge in [0, 0.05) is 20.1 Å². The van der Waals surface area contributed by atoms with Crippen LogP contribution in [0.15, 0.2) is 0 Å². The number of carbonyl (C=O) groups is 2. The molecule has 0 aromatic carbocycles. The van der Waals surface area contributed by atoms with Gasteiger partial charge in [-0.25, -0.2) is 4.79 Å². The van der Waals surface area contributed by atoms with Gasteiger partial charge in [0.2, 0.25) is 5.91 Å². The van der Waals surface area contributed by atoms with Gasteiger partial charge < -0.3 is 19.9 Å². The molecule has 1 amide bonds. The Kier molecular flexibility index (Phi) is 3.43. The molecule has 1 heterocycles. The van der Waals surface area contributed by atoms with Crippen LogP contribution in [0.25, 0.3) is 0 Å². The molecule has 1 fully saturated rings. The number of methoxy groups -OCH3 is 1. The summed E-state index contributed by atoms with van der Waals surface area (Å²) in [6, 6.07) is 0. The molecule has 6 heteroatoms. The number of carboxylic acid groups (broad SMARTS) is 1. The van der Waals surface area contributed by atoms with Crippen molar-refractivity contribution in [2.45, 2.75) is 12.0 Å². The third-order valence-electron chi connectivity index (χ3n) is 2.09. The van der Waals surface area contributed by atoms with E-state index in [-0.39, 0.29) is 19.6 Å². The van der Waals surface area contributed by atoms with Crippen LogP contribution in [0.3, 0.4) is 0 Å². The average Bonchev–Trinajstić information content (AvgIpc) is 2.54. The molecule has 14 heavy (non-hydrogen) atoms. The molecular formula is C8H13NO5. The van der Waals surface area contributed by atoms with Crippen molar-refractivity contribution in [1.82, 2.24) is 5.32 Å². The maximum Gasteiger partial charge on any atom is 0.331 e. The molecule has 1 aliphatic heterocycles. The summed E-state index contributed by atoms with van der Waals surface area (Å²) in [6.45, 7) is 0.215. The lowest BCUT2D eigenvalue weighted by molar-refractivity contribution is -0.148. The van der Waals surface area contributed by atoms with Crippen LogP contribution in [-0.2, 0) is 19.1 Å². The van der Waals surface area contributed by atoms with Crippen molar-refractivity contribution in [3.63, 3.8) is 0 Å². The number of rotatable bonds is 4. The Hall–Kier alpha value is -1.14. The number of carboxylic acids is 1. The van der Waals surface area contributed by atoms with Gasteiger partial charge in [0.1, 0.15) is 6.61 Å². The van der Waals surface area contributed by atoms with E-state index in [1.165, 1.54) is 7.11 Å². The molecule has 1 saturated heterocycles. The van der Waals surface area contributed by atoms with Gasteiger partial charge in [-0.1, -0.05) is 0 Å². The van der Waals surface area contributed by atoms with E-state index in [0.717, 1.165) is 0 Å². The molecule has 0 radical (unpaired) electrons. The molecule has 1 aliphatic rings. The maximum atomic E-state index is 11.2. The minimum Gasteiger partial charge on any atom is -0.479 e. The van der Waals surface area contributed by atoms with Gasteiger partial charge in [0.05, 0.1) is 6.61 Å². The van der Waals surface area contributed by atoms with Crippen LogP contribution in [0.4, 0.5) is 0 Å². The molecule has 1 rings (SSSR count). The van der Waals surface area contributed by atoms with Crippen molar-refractivity contribution >= 4 is 11.9 Å². The molecule has 6 nitrogen and oxygen atoms in total. The molecule has 0 aromatic rings. The Morgan fingerprint density at radius 1 is 1.64 bits per heavy atom. The SMILES string of the molecule is COCC(=O)NC1(C(=O)O)CCOC1. The van der Waals surface area contributed by atoms with Crippen molar-refractivity contribution in [3.8, 4) is 0 Å². The molecule has 1 atom stereocenters. The summed E-state index contributed by atoms with van der Waals surface area (Å²) in [7, 11) is 1.37.